The van der Waals surface area contributed by atoms with Crippen LogP contribution in [0.3, 0.4) is 0 Å². The fourth-order valence-corrected chi connectivity index (χ4v) is 2.83. The highest BCUT2D eigenvalue weighted by molar-refractivity contribution is 7.09. The zero-order valence-corrected chi connectivity index (χ0v) is 11.8. The van der Waals surface area contributed by atoms with E-state index in [1.54, 1.807) is 17.5 Å². The van der Waals surface area contributed by atoms with Crippen LogP contribution >= 0.6 is 11.3 Å². The van der Waals surface area contributed by atoms with E-state index in [2.05, 4.69) is 11.9 Å². The van der Waals surface area contributed by atoms with Gasteiger partial charge in [0.1, 0.15) is 6.10 Å². The molecule has 0 bridgehead atoms. The SMILES string of the molecule is CCN(CCc1nccs1)C(=O)C1OCCC1C. The Bertz CT molecular complexity index is 380. The van der Waals surface area contributed by atoms with Gasteiger partial charge in [0, 0.05) is 37.7 Å². The standard InChI is InChI=1S/C13H20N2O2S/c1-3-15(7-4-11-14-6-9-18-11)13(16)12-10(2)5-8-17-12/h6,9-10,12H,3-5,7-8H2,1-2H3. The summed E-state index contributed by atoms with van der Waals surface area (Å²) in [6.07, 6.45) is 3.39. The molecule has 1 aromatic rings. The van der Waals surface area contributed by atoms with Gasteiger partial charge in [-0.1, -0.05) is 6.92 Å². The lowest BCUT2D eigenvalue weighted by atomic mass is 10.0. The molecule has 1 saturated heterocycles. The van der Waals surface area contributed by atoms with Crippen LogP contribution in [-0.2, 0) is 16.0 Å². The predicted molar refractivity (Wildman–Crippen MR) is 71.6 cm³/mol. The maximum Gasteiger partial charge on any atom is 0.251 e. The van der Waals surface area contributed by atoms with Gasteiger partial charge >= 0.3 is 0 Å². The lowest BCUT2D eigenvalue weighted by Gasteiger charge is -2.25. The number of aromatic nitrogens is 1. The van der Waals surface area contributed by atoms with Crippen molar-refractivity contribution >= 4 is 17.2 Å². The molecule has 0 aliphatic carbocycles. The molecule has 0 saturated carbocycles. The summed E-state index contributed by atoms with van der Waals surface area (Å²) >= 11 is 1.64. The van der Waals surface area contributed by atoms with Crippen molar-refractivity contribution in [3.8, 4) is 0 Å². The van der Waals surface area contributed by atoms with Crippen molar-refractivity contribution in [2.45, 2.75) is 32.8 Å². The first-order valence-electron chi connectivity index (χ1n) is 6.51. The van der Waals surface area contributed by atoms with Crippen molar-refractivity contribution in [2.75, 3.05) is 19.7 Å². The fraction of sp³-hybridized carbons (Fsp3) is 0.692. The average molecular weight is 268 g/mol. The quantitative estimate of drug-likeness (QED) is 0.820. The Morgan fingerprint density at radius 1 is 1.67 bits per heavy atom. The first kappa shape index (κ1) is 13.5. The third-order valence-corrected chi connectivity index (χ3v) is 4.24. The second-order valence-electron chi connectivity index (χ2n) is 4.65. The maximum absolute atomic E-state index is 12.3. The molecule has 0 radical (unpaired) electrons. The summed E-state index contributed by atoms with van der Waals surface area (Å²) in [6.45, 7) is 6.28. The van der Waals surface area contributed by atoms with Crippen molar-refractivity contribution < 1.29 is 9.53 Å². The molecule has 18 heavy (non-hydrogen) atoms. The van der Waals surface area contributed by atoms with Crippen LogP contribution in [0.15, 0.2) is 11.6 Å². The summed E-state index contributed by atoms with van der Waals surface area (Å²) in [5.74, 6) is 0.477. The molecule has 2 rings (SSSR count). The van der Waals surface area contributed by atoms with Crippen LogP contribution < -0.4 is 0 Å². The zero-order valence-electron chi connectivity index (χ0n) is 11.0. The number of ether oxygens (including phenoxy) is 1. The molecule has 100 valence electrons. The largest absolute Gasteiger partial charge is 0.368 e. The summed E-state index contributed by atoms with van der Waals surface area (Å²) in [6, 6.07) is 0. The summed E-state index contributed by atoms with van der Waals surface area (Å²) in [4.78, 5) is 18.5. The molecule has 0 aromatic carbocycles. The number of rotatable bonds is 5. The third-order valence-electron chi connectivity index (χ3n) is 3.40. The molecule has 1 amide bonds. The van der Waals surface area contributed by atoms with Gasteiger partial charge in [-0.15, -0.1) is 11.3 Å². The van der Waals surface area contributed by atoms with Gasteiger partial charge in [-0.25, -0.2) is 4.98 Å². The van der Waals surface area contributed by atoms with Gasteiger partial charge in [-0.3, -0.25) is 4.79 Å². The molecule has 0 N–H and O–H groups in total. The molecule has 0 spiro atoms. The highest BCUT2D eigenvalue weighted by atomic mass is 32.1. The Labute approximate surface area is 112 Å². The lowest BCUT2D eigenvalue weighted by Crippen LogP contribution is -2.42. The van der Waals surface area contributed by atoms with Gasteiger partial charge in [0.25, 0.3) is 5.91 Å². The molecular weight excluding hydrogens is 248 g/mol. The molecular formula is C13H20N2O2S. The normalized spacial score (nSPS) is 23.2. The number of carbonyl (C=O) groups is 1. The smallest absolute Gasteiger partial charge is 0.251 e. The van der Waals surface area contributed by atoms with E-state index in [9.17, 15) is 4.79 Å². The minimum atomic E-state index is -0.235. The highest BCUT2D eigenvalue weighted by Crippen LogP contribution is 2.22. The van der Waals surface area contributed by atoms with Crippen LogP contribution in [0.2, 0.25) is 0 Å². The number of likely N-dealkylation sites (N-methyl/N-ethyl adjacent to an activating group) is 1. The number of carbonyl (C=O) groups excluding carboxylic acids is 1. The first-order valence-corrected chi connectivity index (χ1v) is 7.39. The van der Waals surface area contributed by atoms with E-state index in [0.717, 1.165) is 30.9 Å². The summed E-state index contributed by atoms with van der Waals surface area (Å²) in [5, 5.41) is 3.05. The summed E-state index contributed by atoms with van der Waals surface area (Å²) < 4.78 is 5.54. The van der Waals surface area contributed by atoms with Gasteiger partial charge < -0.3 is 9.64 Å². The minimum Gasteiger partial charge on any atom is -0.368 e. The van der Waals surface area contributed by atoms with E-state index in [1.807, 2.05) is 17.2 Å². The van der Waals surface area contributed by atoms with Gasteiger partial charge in [0.2, 0.25) is 0 Å². The number of nitrogens with zero attached hydrogens (tertiary/aromatic N) is 2. The van der Waals surface area contributed by atoms with Crippen molar-refractivity contribution in [1.82, 2.24) is 9.88 Å². The van der Waals surface area contributed by atoms with Gasteiger partial charge in [0.15, 0.2) is 0 Å². The Morgan fingerprint density at radius 2 is 2.50 bits per heavy atom. The second kappa shape index (κ2) is 6.29. The van der Waals surface area contributed by atoms with Crippen LogP contribution in [-0.4, -0.2) is 41.6 Å². The van der Waals surface area contributed by atoms with E-state index in [4.69, 9.17) is 4.74 Å². The Hall–Kier alpha value is -0.940. The number of hydrogen-bond acceptors (Lipinski definition) is 4. The van der Waals surface area contributed by atoms with Crippen LogP contribution in [0, 0.1) is 5.92 Å². The van der Waals surface area contributed by atoms with Crippen molar-refractivity contribution in [1.29, 1.82) is 0 Å². The van der Waals surface area contributed by atoms with E-state index < -0.39 is 0 Å². The van der Waals surface area contributed by atoms with E-state index in [-0.39, 0.29) is 12.0 Å². The average Bonchev–Trinajstić information content (AvgIpc) is 3.00. The van der Waals surface area contributed by atoms with Gasteiger partial charge in [-0.2, -0.15) is 0 Å². The number of amides is 1. The lowest BCUT2D eigenvalue weighted by molar-refractivity contribution is -0.142. The Kier molecular flexibility index (Phi) is 4.72. The number of hydrogen-bond donors (Lipinski definition) is 0. The molecule has 4 nitrogen and oxygen atoms in total. The van der Waals surface area contributed by atoms with Crippen molar-refractivity contribution in [3.05, 3.63) is 16.6 Å². The van der Waals surface area contributed by atoms with Gasteiger partial charge in [0.05, 0.1) is 5.01 Å². The number of thiazole rings is 1. The summed E-state index contributed by atoms with van der Waals surface area (Å²) in [5.41, 5.74) is 0. The van der Waals surface area contributed by atoms with E-state index in [0.29, 0.717) is 12.5 Å². The summed E-state index contributed by atoms with van der Waals surface area (Å²) in [7, 11) is 0. The van der Waals surface area contributed by atoms with Crippen LogP contribution in [0.25, 0.3) is 0 Å². The monoisotopic (exact) mass is 268 g/mol. The highest BCUT2D eigenvalue weighted by Gasteiger charge is 2.33. The molecule has 1 aromatic heterocycles. The first-order chi connectivity index (χ1) is 8.72. The second-order valence-corrected chi connectivity index (χ2v) is 5.63. The molecule has 1 fully saturated rings. The molecule has 1 aliphatic rings. The van der Waals surface area contributed by atoms with Crippen LogP contribution in [0.1, 0.15) is 25.3 Å². The van der Waals surface area contributed by atoms with Crippen LogP contribution in [0.5, 0.6) is 0 Å². The van der Waals surface area contributed by atoms with Gasteiger partial charge in [-0.05, 0) is 19.3 Å². The van der Waals surface area contributed by atoms with Crippen LogP contribution in [0.4, 0.5) is 0 Å². The molecule has 2 unspecified atom stereocenters. The van der Waals surface area contributed by atoms with Crippen molar-refractivity contribution in [2.24, 2.45) is 5.92 Å². The molecule has 1 aliphatic heterocycles. The predicted octanol–water partition coefficient (Wildman–Crippen LogP) is 1.96. The van der Waals surface area contributed by atoms with E-state index >= 15 is 0 Å². The Morgan fingerprint density at radius 3 is 3.06 bits per heavy atom. The van der Waals surface area contributed by atoms with Crippen molar-refractivity contribution in [3.63, 3.8) is 0 Å². The molecule has 5 heteroatoms. The third kappa shape index (κ3) is 3.09. The van der Waals surface area contributed by atoms with E-state index in [1.165, 1.54) is 0 Å². The maximum atomic E-state index is 12.3. The minimum absolute atomic E-state index is 0.138. The molecule has 2 atom stereocenters. The zero-order chi connectivity index (χ0) is 13.0. The Balaban J connectivity index is 1.89. The fourth-order valence-electron chi connectivity index (χ4n) is 2.22. The molecule has 2 heterocycles. The topological polar surface area (TPSA) is 42.4 Å².